The number of para-hydroxylation sites is 1. The summed E-state index contributed by atoms with van der Waals surface area (Å²) < 4.78 is 10.1. The molecule has 0 atom stereocenters. The average molecular weight is 349 g/mol. The lowest BCUT2D eigenvalue weighted by atomic mass is 9.96. The summed E-state index contributed by atoms with van der Waals surface area (Å²) in [5, 5.41) is 0. The maximum absolute atomic E-state index is 12.2. The van der Waals surface area contributed by atoms with Crippen molar-refractivity contribution >= 4 is 17.9 Å². The summed E-state index contributed by atoms with van der Waals surface area (Å²) in [6, 6.07) is 9.14. The first-order valence-electron chi connectivity index (χ1n) is 8.28. The Kier molecular flexibility index (Phi) is 7.06. The fraction of sp³-hybridized carbons (Fsp3) is 0.471. The van der Waals surface area contributed by atoms with Crippen LogP contribution in [-0.2, 0) is 14.3 Å². The zero-order chi connectivity index (χ0) is 18.1. The lowest BCUT2D eigenvalue weighted by molar-refractivity contribution is -0.137. The Hall–Kier alpha value is -2.77. The SMILES string of the molecule is CCOC(=O)NNC(=O)C1CCN(C(=O)COc2ccccc2)CC1. The fourth-order valence-corrected chi connectivity index (χ4v) is 2.53. The maximum Gasteiger partial charge on any atom is 0.426 e. The number of hydrazine groups is 1. The minimum absolute atomic E-state index is 0.0225. The van der Waals surface area contributed by atoms with Gasteiger partial charge in [0.2, 0.25) is 5.91 Å². The van der Waals surface area contributed by atoms with Gasteiger partial charge in [0.25, 0.3) is 5.91 Å². The Bertz CT molecular complexity index is 585. The molecular weight excluding hydrogens is 326 g/mol. The highest BCUT2D eigenvalue weighted by atomic mass is 16.6. The molecule has 0 spiro atoms. The lowest BCUT2D eigenvalue weighted by Gasteiger charge is -2.31. The Balaban J connectivity index is 1.69. The van der Waals surface area contributed by atoms with Crippen LogP contribution >= 0.6 is 0 Å². The van der Waals surface area contributed by atoms with Crippen LogP contribution in [0.1, 0.15) is 19.8 Å². The molecule has 2 rings (SSSR count). The van der Waals surface area contributed by atoms with Gasteiger partial charge < -0.3 is 14.4 Å². The zero-order valence-electron chi connectivity index (χ0n) is 14.2. The van der Waals surface area contributed by atoms with Crippen LogP contribution in [0.2, 0.25) is 0 Å². The first kappa shape index (κ1) is 18.6. The molecule has 136 valence electrons. The molecule has 1 heterocycles. The predicted molar refractivity (Wildman–Crippen MR) is 89.5 cm³/mol. The van der Waals surface area contributed by atoms with Gasteiger partial charge in [-0.1, -0.05) is 18.2 Å². The van der Waals surface area contributed by atoms with Crippen molar-refractivity contribution in [3.63, 3.8) is 0 Å². The van der Waals surface area contributed by atoms with E-state index in [0.717, 1.165) is 0 Å². The van der Waals surface area contributed by atoms with Crippen molar-refractivity contribution < 1.29 is 23.9 Å². The molecule has 1 saturated heterocycles. The topological polar surface area (TPSA) is 97.0 Å². The smallest absolute Gasteiger partial charge is 0.426 e. The molecule has 1 aliphatic heterocycles. The maximum atomic E-state index is 12.2. The van der Waals surface area contributed by atoms with Crippen LogP contribution in [0.15, 0.2) is 30.3 Å². The summed E-state index contributed by atoms with van der Waals surface area (Å²) in [5.41, 5.74) is 4.53. The van der Waals surface area contributed by atoms with E-state index in [2.05, 4.69) is 15.6 Å². The van der Waals surface area contributed by atoms with Crippen LogP contribution in [0.3, 0.4) is 0 Å². The molecule has 1 aliphatic rings. The van der Waals surface area contributed by atoms with Gasteiger partial charge in [-0.15, -0.1) is 0 Å². The minimum Gasteiger partial charge on any atom is -0.484 e. The van der Waals surface area contributed by atoms with Crippen molar-refractivity contribution in [3.05, 3.63) is 30.3 Å². The summed E-state index contributed by atoms with van der Waals surface area (Å²) in [6.45, 7) is 2.84. The Morgan fingerprint density at radius 1 is 1.12 bits per heavy atom. The van der Waals surface area contributed by atoms with E-state index in [1.54, 1.807) is 24.0 Å². The second kappa shape index (κ2) is 9.51. The van der Waals surface area contributed by atoms with Gasteiger partial charge in [0.15, 0.2) is 6.61 Å². The predicted octanol–water partition coefficient (Wildman–Crippen LogP) is 1.08. The van der Waals surface area contributed by atoms with Crippen LogP contribution in [0.25, 0.3) is 0 Å². The highest BCUT2D eigenvalue weighted by molar-refractivity contribution is 5.82. The number of ether oxygens (including phenoxy) is 2. The van der Waals surface area contributed by atoms with E-state index < -0.39 is 6.09 Å². The third kappa shape index (κ3) is 5.98. The number of benzene rings is 1. The van der Waals surface area contributed by atoms with E-state index in [4.69, 9.17) is 4.74 Å². The van der Waals surface area contributed by atoms with Gasteiger partial charge in [-0.2, -0.15) is 0 Å². The lowest BCUT2D eigenvalue weighted by Crippen LogP contribution is -2.48. The highest BCUT2D eigenvalue weighted by Crippen LogP contribution is 2.17. The van der Waals surface area contributed by atoms with Crippen LogP contribution in [-0.4, -0.2) is 49.1 Å². The number of hydrogen-bond acceptors (Lipinski definition) is 5. The summed E-state index contributed by atoms with van der Waals surface area (Å²) in [7, 11) is 0. The molecule has 2 N–H and O–H groups in total. The second-order valence-electron chi connectivity index (χ2n) is 5.59. The molecule has 0 radical (unpaired) electrons. The van der Waals surface area contributed by atoms with Crippen LogP contribution in [0.5, 0.6) is 5.75 Å². The molecule has 0 saturated carbocycles. The van der Waals surface area contributed by atoms with Crippen LogP contribution in [0.4, 0.5) is 4.79 Å². The van der Waals surface area contributed by atoms with Crippen molar-refractivity contribution in [3.8, 4) is 5.75 Å². The summed E-state index contributed by atoms with van der Waals surface area (Å²) in [5.74, 6) is 0.0178. The molecule has 0 unspecified atom stereocenters. The van der Waals surface area contributed by atoms with Crippen LogP contribution in [0, 0.1) is 5.92 Å². The van der Waals surface area contributed by atoms with Gasteiger partial charge in [-0.05, 0) is 31.9 Å². The number of piperidine rings is 1. The first-order chi connectivity index (χ1) is 12.1. The van der Waals surface area contributed by atoms with Gasteiger partial charge in [-0.25, -0.2) is 10.2 Å². The number of rotatable bonds is 5. The number of amides is 3. The van der Waals surface area contributed by atoms with Gasteiger partial charge in [-0.3, -0.25) is 15.0 Å². The van der Waals surface area contributed by atoms with Crippen molar-refractivity contribution in [2.45, 2.75) is 19.8 Å². The third-order valence-electron chi connectivity index (χ3n) is 3.89. The molecule has 25 heavy (non-hydrogen) atoms. The number of nitrogens with one attached hydrogen (secondary N) is 2. The highest BCUT2D eigenvalue weighted by Gasteiger charge is 2.27. The molecule has 0 bridgehead atoms. The average Bonchev–Trinajstić information content (AvgIpc) is 2.65. The molecule has 1 aromatic rings. The van der Waals surface area contributed by atoms with Crippen LogP contribution < -0.4 is 15.6 Å². The number of hydrogen-bond donors (Lipinski definition) is 2. The monoisotopic (exact) mass is 349 g/mol. The third-order valence-corrected chi connectivity index (χ3v) is 3.89. The summed E-state index contributed by atoms with van der Waals surface area (Å²) in [6.07, 6.45) is 0.377. The van der Waals surface area contributed by atoms with Crippen molar-refractivity contribution in [1.82, 2.24) is 15.8 Å². The molecule has 1 aromatic carbocycles. The van der Waals surface area contributed by atoms with E-state index in [1.165, 1.54) is 0 Å². The normalized spacial score (nSPS) is 14.5. The van der Waals surface area contributed by atoms with Gasteiger partial charge >= 0.3 is 6.09 Å². The molecule has 1 fully saturated rings. The van der Waals surface area contributed by atoms with Crippen molar-refractivity contribution in [1.29, 1.82) is 0 Å². The van der Waals surface area contributed by atoms with E-state index in [-0.39, 0.29) is 30.9 Å². The van der Waals surface area contributed by atoms with Gasteiger partial charge in [0.05, 0.1) is 6.61 Å². The number of likely N-dealkylation sites (tertiary alicyclic amines) is 1. The zero-order valence-corrected chi connectivity index (χ0v) is 14.2. The molecule has 0 aromatic heterocycles. The minimum atomic E-state index is -0.693. The fourth-order valence-electron chi connectivity index (χ4n) is 2.53. The molecule has 0 aliphatic carbocycles. The number of carbonyl (C=O) groups is 3. The van der Waals surface area contributed by atoms with E-state index in [9.17, 15) is 14.4 Å². The van der Waals surface area contributed by atoms with Gasteiger partial charge in [0.1, 0.15) is 5.75 Å². The molecule has 8 heteroatoms. The second-order valence-corrected chi connectivity index (χ2v) is 5.59. The van der Waals surface area contributed by atoms with Gasteiger partial charge in [0, 0.05) is 19.0 Å². The van der Waals surface area contributed by atoms with E-state index >= 15 is 0 Å². The quantitative estimate of drug-likeness (QED) is 0.776. The first-order valence-corrected chi connectivity index (χ1v) is 8.28. The number of nitrogens with zero attached hydrogens (tertiary/aromatic N) is 1. The Morgan fingerprint density at radius 2 is 1.80 bits per heavy atom. The Labute approximate surface area is 146 Å². The van der Waals surface area contributed by atoms with Crippen molar-refractivity contribution in [2.75, 3.05) is 26.3 Å². The Morgan fingerprint density at radius 3 is 2.44 bits per heavy atom. The number of carbonyl (C=O) groups excluding carboxylic acids is 3. The molecular formula is C17H23N3O5. The standard InChI is InChI=1S/C17H23N3O5/c1-2-24-17(23)19-18-16(22)13-8-10-20(11-9-13)15(21)12-25-14-6-4-3-5-7-14/h3-7,13H,2,8-12H2,1H3,(H,18,22)(H,19,23). The van der Waals surface area contributed by atoms with Crippen molar-refractivity contribution in [2.24, 2.45) is 5.92 Å². The molecule has 3 amide bonds. The summed E-state index contributed by atoms with van der Waals surface area (Å²) >= 11 is 0. The molecule has 8 nitrogen and oxygen atoms in total. The summed E-state index contributed by atoms with van der Waals surface area (Å²) in [4.78, 5) is 37.0. The largest absolute Gasteiger partial charge is 0.484 e. The van der Waals surface area contributed by atoms with E-state index in [1.807, 2.05) is 18.2 Å². The van der Waals surface area contributed by atoms with E-state index in [0.29, 0.717) is 31.7 Å².